The smallest absolute Gasteiger partial charge is 0.216 e. The highest BCUT2D eigenvalue weighted by atomic mass is 32.2. The first-order valence-corrected chi connectivity index (χ1v) is 10.0. The maximum absolute atomic E-state index is 5.49. The molecule has 0 saturated carbocycles. The van der Waals surface area contributed by atoms with Crippen molar-refractivity contribution in [3.05, 3.63) is 60.7 Å². The predicted molar refractivity (Wildman–Crippen MR) is 109 cm³/mol. The van der Waals surface area contributed by atoms with Gasteiger partial charge in [-0.15, -0.1) is 10.2 Å². The van der Waals surface area contributed by atoms with Crippen LogP contribution >= 0.6 is 35.0 Å². The van der Waals surface area contributed by atoms with Crippen molar-refractivity contribution in [1.29, 1.82) is 0 Å². The van der Waals surface area contributed by atoms with Crippen LogP contribution < -0.4 is 10.5 Å². The van der Waals surface area contributed by atoms with Crippen molar-refractivity contribution in [2.45, 2.75) is 16.2 Å². The quantitative estimate of drug-likeness (QED) is 0.370. The molecule has 1 aromatic heterocycles. The molecule has 7 heteroatoms. The van der Waals surface area contributed by atoms with E-state index in [1.54, 1.807) is 11.8 Å². The third-order valence-electron chi connectivity index (χ3n) is 2.88. The summed E-state index contributed by atoms with van der Waals surface area (Å²) < 4.78 is 4.16. The predicted octanol–water partition coefficient (Wildman–Crippen LogP) is 4.85. The van der Waals surface area contributed by atoms with E-state index in [1.807, 2.05) is 25.2 Å². The molecule has 2 rings (SSSR count). The minimum absolute atomic E-state index is 0.642. The van der Waals surface area contributed by atoms with Gasteiger partial charge < -0.3 is 10.5 Å². The second kappa shape index (κ2) is 10.4. The molecule has 3 N–H and O–H groups in total. The molecule has 1 heterocycles. The van der Waals surface area contributed by atoms with Crippen LogP contribution in [-0.4, -0.2) is 22.5 Å². The SMILES string of the molecule is C=C/C(=C\C=C/C)c1ccc(SNc2nnc(SCCN)s2)cc1. The largest absolute Gasteiger partial charge is 0.330 e. The average molecular weight is 377 g/mol. The van der Waals surface area contributed by atoms with Crippen molar-refractivity contribution < 1.29 is 0 Å². The zero-order chi connectivity index (χ0) is 17.2. The molecule has 0 aliphatic rings. The molecule has 0 spiro atoms. The molecule has 0 radical (unpaired) electrons. The number of allylic oxidation sites excluding steroid dienone is 5. The summed E-state index contributed by atoms with van der Waals surface area (Å²) in [5.74, 6) is 0.857. The molecule has 0 fully saturated rings. The van der Waals surface area contributed by atoms with Crippen molar-refractivity contribution in [3.8, 4) is 0 Å². The van der Waals surface area contributed by atoms with Crippen molar-refractivity contribution in [3.63, 3.8) is 0 Å². The van der Waals surface area contributed by atoms with E-state index in [9.17, 15) is 0 Å². The van der Waals surface area contributed by atoms with Crippen molar-refractivity contribution in [2.75, 3.05) is 17.0 Å². The molecule has 4 nitrogen and oxygen atoms in total. The van der Waals surface area contributed by atoms with Crippen molar-refractivity contribution in [1.82, 2.24) is 10.2 Å². The molecule has 0 saturated heterocycles. The maximum atomic E-state index is 5.49. The molecule has 0 bridgehead atoms. The van der Waals surface area contributed by atoms with Gasteiger partial charge in [-0.1, -0.05) is 66.1 Å². The lowest BCUT2D eigenvalue weighted by molar-refractivity contribution is 1.01. The molecule has 0 atom stereocenters. The van der Waals surface area contributed by atoms with Gasteiger partial charge in [0.1, 0.15) is 0 Å². The van der Waals surface area contributed by atoms with E-state index in [1.165, 1.54) is 23.3 Å². The Hall–Kier alpha value is -1.54. The summed E-state index contributed by atoms with van der Waals surface area (Å²) in [4.78, 5) is 1.11. The minimum atomic E-state index is 0.642. The Morgan fingerprint density at radius 1 is 1.33 bits per heavy atom. The Morgan fingerprint density at radius 3 is 2.79 bits per heavy atom. The van der Waals surface area contributed by atoms with Gasteiger partial charge in [-0.05, 0) is 42.1 Å². The van der Waals surface area contributed by atoms with E-state index in [2.05, 4.69) is 51.8 Å². The average Bonchev–Trinajstić information content (AvgIpc) is 3.07. The zero-order valence-electron chi connectivity index (χ0n) is 13.4. The van der Waals surface area contributed by atoms with Crippen LogP contribution in [-0.2, 0) is 0 Å². The fourth-order valence-electron chi connectivity index (χ4n) is 1.76. The number of benzene rings is 1. The minimum Gasteiger partial charge on any atom is -0.330 e. The third-order valence-corrected chi connectivity index (χ3v) is 5.82. The first-order valence-electron chi connectivity index (χ1n) is 7.42. The summed E-state index contributed by atoms with van der Waals surface area (Å²) in [6, 6.07) is 8.32. The van der Waals surface area contributed by atoms with Gasteiger partial charge in [0.15, 0.2) is 4.34 Å². The van der Waals surface area contributed by atoms with E-state index >= 15 is 0 Å². The van der Waals surface area contributed by atoms with Crippen LogP contribution in [0.5, 0.6) is 0 Å². The fourth-order valence-corrected chi connectivity index (χ4v) is 4.01. The van der Waals surface area contributed by atoms with E-state index in [0.717, 1.165) is 31.3 Å². The zero-order valence-corrected chi connectivity index (χ0v) is 15.9. The number of rotatable bonds is 9. The lowest BCUT2D eigenvalue weighted by Crippen LogP contribution is -2.00. The number of hydrogen-bond donors (Lipinski definition) is 2. The van der Waals surface area contributed by atoms with E-state index < -0.39 is 0 Å². The van der Waals surface area contributed by atoms with Gasteiger partial charge in [0.05, 0.1) is 0 Å². The Bertz CT molecular complexity index is 705. The van der Waals surface area contributed by atoms with Crippen molar-refractivity contribution in [2.24, 2.45) is 5.73 Å². The van der Waals surface area contributed by atoms with Crippen LogP contribution in [0.25, 0.3) is 5.57 Å². The van der Waals surface area contributed by atoms with Crippen LogP contribution in [0.3, 0.4) is 0 Å². The molecule has 0 amide bonds. The molecule has 2 aromatic rings. The number of thioether (sulfide) groups is 1. The Morgan fingerprint density at radius 2 is 2.12 bits per heavy atom. The van der Waals surface area contributed by atoms with E-state index in [-0.39, 0.29) is 0 Å². The number of nitrogens with zero attached hydrogens (tertiary/aromatic N) is 2. The first-order chi connectivity index (χ1) is 11.8. The lowest BCUT2D eigenvalue weighted by Gasteiger charge is -2.04. The molecular weight excluding hydrogens is 356 g/mol. The highest BCUT2D eigenvalue weighted by molar-refractivity contribution is 8.01. The van der Waals surface area contributed by atoms with Gasteiger partial charge in [-0.25, -0.2) is 0 Å². The van der Waals surface area contributed by atoms with Gasteiger partial charge in [0, 0.05) is 17.2 Å². The molecule has 1 aromatic carbocycles. The molecule has 24 heavy (non-hydrogen) atoms. The summed E-state index contributed by atoms with van der Waals surface area (Å²) >= 11 is 4.68. The van der Waals surface area contributed by atoms with Crippen LogP contribution in [0.1, 0.15) is 12.5 Å². The molecular formula is C17H20N4S3. The van der Waals surface area contributed by atoms with Gasteiger partial charge in [-0.2, -0.15) is 0 Å². The Balaban J connectivity index is 1.94. The second-order valence-corrected chi connectivity index (χ2v) is 7.79. The summed E-state index contributed by atoms with van der Waals surface area (Å²) in [6.45, 7) is 6.51. The monoisotopic (exact) mass is 376 g/mol. The maximum Gasteiger partial charge on any atom is 0.216 e. The number of nitrogens with one attached hydrogen (secondary N) is 1. The van der Waals surface area contributed by atoms with Crippen LogP contribution in [0.15, 0.2) is 64.4 Å². The molecule has 0 aliphatic heterocycles. The summed E-state index contributed by atoms with van der Waals surface area (Å²) in [5, 5.41) is 9.03. The number of anilines is 1. The summed E-state index contributed by atoms with van der Waals surface area (Å²) in [7, 11) is 0. The van der Waals surface area contributed by atoms with E-state index in [0.29, 0.717) is 6.54 Å². The third kappa shape index (κ3) is 5.83. The van der Waals surface area contributed by atoms with Crippen LogP contribution in [0.4, 0.5) is 5.13 Å². The highest BCUT2D eigenvalue weighted by Gasteiger charge is 2.05. The standard InChI is InChI=1S/C17H20N4S3/c1-3-5-6-13(4-2)14-7-9-15(10-8-14)24-21-16-19-20-17(23-16)22-12-11-18/h3-10H,2,11-12,18H2,1H3,(H,19,21)/b5-3-,13-6+. The normalized spacial score (nSPS) is 11.8. The molecule has 126 valence electrons. The van der Waals surface area contributed by atoms with Crippen molar-refractivity contribution >= 4 is 45.8 Å². The first kappa shape index (κ1) is 18.8. The summed E-state index contributed by atoms with van der Waals surface area (Å²) in [6.07, 6.45) is 7.92. The number of hydrogen-bond acceptors (Lipinski definition) is 7. The lowest BCUT2D eigenvalue weighted by atomic mass is 10.1. The second-order valence-electron chi connectivity index (χ2n) is 4.59. The molecule has 0 aliphatic carbocycles. The van der Waals surface area contributed by atoms with Gasteiger partial charge in [-0.3, -0.25) is 0 Å². The van der Waals surface area contributed by atoms with Gasteiger partial charge in [0.2, 0.25) is 5.13 Å². The van der Waals surface area contributed by atoms with Crippen LogP contribution in [0.2, 0.25) is 0 Å². The Labute approximate surface area is 155 Å². The van der Waals surface area contributed by atoms with Gasteiger partial charge in [0.25, 0.3) is 0 Å². The van der Waals surface area contributed by atoms with Gasteiger partial charge >= 0.3 is 0 Å². The number of nitrogens with two attached hydrogens (primary N) is 1. The van der Waals surface area contributed by atoms with E-state index in [4.69, 9.17) is 5.73 Å². The number of aromatic nitrogens is 2. The topological polar surface area (TPSA) is 63.8 Å². The fraction of sp³-hybridized carbons (Fsp3) is 0.176. The molecule has 0 unspecified atom stereocenters. The van der Waals surface area contributed by atoms with Crippen LogP contribution in [0, 0.1) is 0 Å². The summed E-state index contributed by atoms with van der Waals surface area (Å²) in [5.41, 5.74) is 7.73. The Kier molecular flexibility index (Phi) is 8.11. The highest BCUT2D eigenvalue weighted by Crippen LogP contribution is 2.29.